The Morgan fingerprint density at radius 2 is 1.25 bits per heavy atom. The highest BCUT2D eigenvalue weighted by Crippen LogP contribution is 2.14. The predicted molar refractivity (Wildman–Crippen MR) is 126 cm³/mol. The monoisotopic (exact) mass is 578 g/mol. The van der Waals surface area contributed by atoms with Crippen molar-refractivity contribution in [3.05, 3.63) is 12.7 Å². The van der Waals surface area contributed by atoms with Gasteiger partial charge in [-0.05, 0) is 6.42 Å². The molecule has 0 spiro atoms. The van der Waals surface area contributed by atoms with Crippen molar-refractivity contribution in [2.24, 2.45) is 0 Å². The second-order valence-electron chi connectivity index (χ2n) is 6.50. The molecule has 142 valence electrons. The van der Waals surface area contributed by atoms with Crippen LogP contribution in [0.2, 0.25) is 6.04 Å². The van der Waals surface area contributed by atoms with Crippen LogP contribution in [0.3, 0.4) is 0 Å². The highest BCUT2D eigenvalue weighted by Gasteiger charge is 1.98. The molecule has 0 amide bonds. The fourth-order valence-corrected chi connectivity index (χ4v) is 6.35. The zero-order valence-corrected chi connectivity index (χ0v) is 21.0. The van der Waals surface area contributed by atoms with E-state index in [-0.39, 0.29) is 15.5 Å². The number of rotatable bonds is 18. The quantitative estimate of drug-likeness (QED) is 0.0462. The number of unbranched alkanes of at least 4 members (excludes halogenated alkanes) is 12. The van der Waals surface area contributed by atoms with Gasteiger partial charge in [0.2, 0.25) is 0 Å². The average Bonchev–Trinajstić information content (AvgIpc) is 2.57. The molecule has 0 atom stereocenters. The van der Waals surface area contributed by atoms with Gasteiger partial charge in [-0.15, -0.1) is 0 Å². The minimum absolute atomic E-state index is 0.225. The Labute approximate surface area is 179 Å². The molecule has 2 nitrogen and oxygen atoms in total. The van der Waals surface area contributed by atoms with E-state index in [2.05, 4.69) is 51.8 Å². The van der Waals surface area contributed by atoms with E-state index in [1.807, 2.05) is 0 Å². The van der Waals surface area contributed by atoms with Gasteiger partial charge in [0.15, 0.2) is 0 Å². The Morgan fingerprint density at radius 3 is 1.67 bits per heavy atom. The van der Waals surface area contributed by atoms with Crippen LogP contribution in [0.4, 0.5) is 0 Å². The lowest BCUT2D eigenvalue weighted by atomic mass is 10.0. The summed E-state index contributed by atoms with van der Waals surface area (Å²) >= 11 is 5.15. The Kier molecular flexibility index (Phi) is 20.9. The van der Waals surface area contributed by atoms with Gasteiger partial charge < -0.3 is 4.74 Å². The molecular formula is C19H36I2O2Si. The lowest BCUT2D eigenvalue weighted by molar-refractivity contribution is -0.137. The number of hydrogen-bond acceptors (Lipinski definition) is 2. The van der Waals surface area contributed by atoms with Crippen LogP contribution in [0, 0.1) is 0 Å². The van der Waals surface area contributed by atoms with Gasteiger partial charge in [0.1, 0.15) is 0 Å². The molecule has 0 aromatic rings. The van der Waals surface area contributed by atoms with E-state index in [0.717, 1.165) is 7.98 Å². The second-order valence-corrected chi connectivity index (χ2v) is 17.3. The Hall–Kier alpha value is 0.887. The molecule has 0 unspecified atom stereocenters. The first-order valence-electron chi connectivity index (χ1n) is 9.74. The van der Waals surface area contributed by atoms with Crippen molar-refractivity contribution in [2.45, 2.75) is 91.1 Å². The summed E-state index contributed by atoms with van der Waals surface area (Å²) in [5.41, 5.74) is 0. The van der Waals surface area contributed by atoms with E-state index in [9.17, 15) is 4.79 Å². The molecule has 0 aliphatic carbocycles. The van der Waals surface area contributed by atoms with E-state index in [1.165, 1.54) is 83.1 Å². The fraction of sp³-hybridized carbons (Fsp3) is 0.842. The highest BCUT2D eigenvalue weighted by atomic mass is 127. The smallest absolute Gasteiger partial charge is 0.330 e. The number of hydrogen-bond donors (Lipinski definition) is 0. The summed E-state index contributed by atoms with van der Waals surface area (Å²) in [7, 11) is 0.225. The summed E-state index contributed by atoms with van der Waals surface area (Å²) in [5, 5.41) is 0. The topological polar surface area (TPSA) is 26.3 Å². The number of carbonyl (C=O) groups excluding carboxylic acids is 1. The summed E-state index contributed by atoms with van der Waals surface area (Å²) in [6, 6.07) is 1.55. The molecule has 0 fully saturated rings. The predicted octanol–water partition coefficient (Wildman–Crippen LogP) is 6.53. The fourth-order valence-electron chi connectivity index (χ4n) is 2.75. The van der Waals surface area contributed by atoms with Crippen LogP contribution in [0.15, 0.2) is 12.7 Å². The van der Waals surface area contributed by atoms with Gasteiger partial charge in [-0.1, -0.05) is 135 Å². The third kappa shape index (κ3) is 20.9. The first kappa shape index (κ1) is 24.9. The molecule has 0 aromatic heterocycles. The maximum Gasteiger partial charge on any atom is 0.330 e. The molecule has 0 heterocycles. The maximum absolute atomic E-state index is 10.8. The molecular weight excluding hydrogens is 542 g/mol. The highest BCUT2D eigenvalue weighted by molar-refractivity contribution is 14.2. The molecule has 0 N–H and O–H groups in total. The van der Waals surface area contributed by atoms with Crippen LogP contribution >= 0.6 is 45.2 Å². The Bertz CT molecular complexity index is 299. The summed E-state index contributed by atoms with van der Waals surface area (Å²) in [6.07, 6.45) is 18.9. The first-order valence-corrected chi connectivity index (χ1v) is 14.0. The zero-order valence-electron chi connectivity index (χ0n) is 15.2. The molecule has 0 saturated heterocycles. The average molecular weight is 578 g/mol. The third-order valence-corrected chi connectivity index (χ3v) is 9.31. The van der Waals surface area contributed by atoms with Crippen molar-refractivity contribution >= 4 is 60.7 Å². The van der Waals surface area contributed by atoms with E-state index < -0.39 is 0 Å². The molecule has 24 heavy (non-hydrogen) atoms. The molecule has 0 radical (unpaired) electrons. The van der Waals surface area contributed by atoms with Crippen molar-refractivity contribution in [3.8, 4) is 0 Å². The van der Waals surface area contributed by atoms with Crippen molar-refractivity contribution in [1.29, 1.82) is 0 Å². The molecule has 5 heteroatoms. The second kappa shape index (κ2) is 20.2. The zero-order chi connectivity index (χ0) is 17.9. The van der Waals surface area contributed by atoms with Crippen molar-refractivity contribution in [2.75, 3.05) is 6.61 Å². The largest absolute Gasteiger partial charge is 0.463 e. The van der Waals surface area contributed by atoms with E-state index >= 15 is 0 Å². The van der Waals surface area contributed by atoms with Crippen LogP contribution in [-0.2, 0) is 9.53 Å². The summed E-state index contributed by atoms with van der Waals surface area (Å²) in [4.78, 5) is 10.8. The minimum Gasteiger partial charge on any atom is -0.463 e. The number of halogens is 2. The van der Waals surface area contributed by atoms with Crippen molar-refractivity contribution < 1.29 is 9.53 Å². The molecule has 0 saturated carbocycles. The van der Waals surface area contributed by atoms with Crippen LogP contribution in [0.5, 0.6) is 0 Å². The molecule has 0 bridgehead atoms. The number of ether oxygens (including phenoxy) is 1. The van der Waals surface area contributed by atoms with E-state index in [0.29, 0.717) is 6.61 Å². The van der Waals surface area contributed by atoms with Crippen LogP contribution < -0.4 is 0 Å². The molecule has 0 rings (SSSR count). The van der Waals surface area contributed by atoms with Crippen LogP contribution in [0.1, 0.15) is 83.5 Å². The van der Waals surface area contributed by atoms with Crippen LogP contribution in [-0.4, -0.2) is 23.7 Å². The molecule has 0 aromatic carbocycles. The number of esters is 1. The van der Waals surface area contributed by atoms with Gasteiger partial charge in [0, 0.05) is 17.2 Å². The van der Waals surface area contributed by atoms with Gasteiger partial charge >= 0.3 is 5.97 Å². The lowest BCUT2D eigenvalue weighted by Gasteiger charge is -2.04. The summed E-state index contributed by atoms with van der Waals surface area (Å²) in [5.74, 6) is -0.299. The van der Waals surface area contributed by atoms with Gasteiger partial charge in [0.05, 0.1) is 6.61 Å². The normalized spacial score (nSPS) is 11.5. The lowest BCUT2D eigenvalue weighted by Crippen LogP contribution is -2.01. The molecule has 0 aliphatic rings. The molecule has 0 aliphatic heterocycles. The van der Waals surface area contributed by atoms with Crippen molar-refractivity contribution in [1.82, 2.24) is 0 Å². The first-order chi connectivity index (χ1) is 11.7. The Morgan fingerprint density at radius 1 is 0.833 bits per heavy atom. The standard InChI is InChI=1S/C19H36I2O2Si/c1-2-18(22)23-16-14-12-10-8-6-4-3-5-7-9-11-13-15-17-24-19(20)21/h2,19H,1,3-17,24H2. The summed E-state index contributed by atoms with van der Waals surface area (Å²) < 4.78 is 5.91. The van der Waals surface area contributed by atoms with E-state index in [1.54, 1.807) is 6.04 Å². The van der Waals surface area contributed by atoms with Gasteiger partial charge in [-0.25, -0.2) is 4.79 Å². The summed E-state index contributed by atoms with van der Waals surface area (Å²) in [6.45, 7) is 3.93. The third-order valence-electron chi connectivity index (χ3n) is 4.23. The number of carbonyl (C=O) groups is 1. The maximum atomic E-state index is 10.8. The van der Waals surface area contributed by atoms with Crippen LogP contribution in [0.25, 0.3) is 0 Å². The minimum atomic E-state index is -0.299. The van der Waals surface area contributed by atoms with Gasteiger partial charge in [0.25, 0.3) is 0 Å². The Balaban J connectivity index is 3.03. The SMILES string of the molecule is C=CC(=O)OCCCCCCCCCCCCCCC[SiH2]C(I)I. The van der Waals surface area contributed by atoms with Crippen molar-refractivity contribution in [3.63, 3.8) is 0 Å². The van der Waals surface area contributed by atoms with Gasteiger partial charge in [-0.3, -0.25) is 0 Å². The van der Waals surface area contributed by atoms with E-state index in [4.69, 9.17) is 4.74 Å². The number of alkyl halides is 2. The van der Waals surface area contributed by atoms with Gasteiger partial charge in [-0.2, -0.15) is 0 Å².